The van der Waals surface area contributed by atoms with E-state index in [1.54, 1.807) is 12.1 Å². The highest BCUT2D eigenvalue weighted by atomic mass is 79.9. The molecule has 2 aromatic rings. The molecule has 100 valence electrons. The van der Waals surface area contributed by atoms with Gasteiger partial charge in [0.1, 0.15) is 5.82 Å². The lowest BCUT2D eigenvalue weighted by atomic mass is 9.98. The minimum Gasteiger partial charge on any atom is -0.388 e. The van der Waals surface area contributed by atoms with E-state index in [0.717, 1.165) is 21.2 Å². The van der Waals surface area contributed by atoms with Gasteiger partial charge in [0.05, 0.1) is 10.6 Å². The van der Waals surface area contributed by atoms with E-state index in [-0.39, 0.29) is 5.82 Å². The van der Waals surface area contributed by atoms with Crippen LogP contribution in [0.15, 0.2) is 45.3 Å². The number of aliphatic hydroxyl groups excluding tert-OH is 1. The van der Waals surface area contributed by atoms with E-state index < -0.39 is 6.10 Å². The second-order valence-electron chi connectivity index (χ2n) is 4.47. The molecule has 0 saturated carbocycles. The van der Waals surface area contributed by atoms with E-state index in [2.05, 4.69) is 31.9 Å². The number of hydrogen-bond donors (Lipinski definition) is 1. The summed E-state index contributed by atoms with van der Waals surface area (Å²) in [6.07, 6.45) is -0.147. The summed E-state index contributed by atoms with van der Waals surface area (Å²) in [5.74, 6) is -0.295. The van der Waals surface area contributed by atoms with Gasteiger partial charge in [0, 0.05) is 10.9 Å². The molecule has 0 aromatic heterocycles. The summed E-state index contributed by atoms with van der Waals surface area (Å²) in [6, 6.07) is 10.6. The molecule has 0 heterocycles. The van der Waals surface area contributed by atoms with E-state index in [4.69, 9.17) is 0 Å². The summed E-state index contributed by atoms with van der Waals surface area (Å²) in [4.78, 5) is 0. The van der Waals surface area contributed by atoms with Gasteiger partial charge in [-0.2, -0.15) is 0 Å². The molecule has 0 saturated heterocycles. The standard InChI is InChI=1S/C15H13Br2FO/c1-9-2-4-11(16)8-12(9)15(19)7-10-3-5-14(18)13(17)6-10/h2-6,8,15,19H,7H2,1H3. The summed E-state index contributed by atoms with van der Waals surface area (Å²) < 4.78 is 14.5. The van der Waals surface area contributed by atoms with Crippen molar-refractivity contribution in [2.75, 3.05) is 0 Å². The average Bonchev–Trinajstić information content (AvgIpc) is 2.36. The molecule has 0 aliphatic carbocycles. The van der Waals surface area contributed by atoms with Crippen molar-refractivity contribution in [3.63, 3.8) is 0 Å². The number of halogens is 3. The van der Waals surface area contributed by atoms with Gasteiger partial charge in [-0.3, -0.25) is 0 Å². The molecule has 1 atom stereocenters. The molecule has 1 unspecified atom stereocenters. The Morgan fingerprint density at radius 1 is 1.16 bits per heavy atom. The molecule has 0 aliphatic heterocycles. The van der Waals surface area contributed by atoms with Crippen molar-refractivity contribution in [2.24, 2.45) is 0 Å². The highest BCUT2D eigenvalue weighted by molar-refractivity contribution is 9.10. The zero-order valence-electron chi connectivity index (χ0n) is 10.3. The Morgan fingerprint density at radius 3 is 2.58 bits per heavy atom. The van der Waals surface area contributed by atoms with Crippen LogP contribution >= 0.6 is 31.9 Å². The van der Waals surface area contributed by atoms with Gasteiger partial charge in [0.25, 0.3) is 0 Å². The van der Waals surface area contributed by atoms with Crippen LogP contribution in [0.2, 0.25) is 0 Å². The Balaban J connectivity index is 2.22. The predicted octanol–water partition coefficient (Wildman–Crippen LogP) is 4.94. The molecule has 0 amide bonds. The van der Waals surface area contributed by atoms with E-state index in [9.17, 15) is 9.50 Å². The first-order chi connectivity index (χ1) is 8.97. The minimum absolute atomic E-state index is 0.295. The molecular formula is C15H13Br2FO. The first kappa shape index (κ1) is 14.7. The van der Waals surface area contributed by atoms with Gasteiger partial charge in [-0.05, 0) is 63.8 Å². The lowest BCUT2D eigenvalue weighted by Crippen LogP contribution is -2.04. The number of benzene rings is 2. The Morgan fingerprint density at radius 2 is 1.89 bits per heavy atom. The Kier molecular flexibility index (Phi) is 4.76. The first-order valence-corrected chi connectivity index (χ1v) is 7.44. The number of rotatable bonds is 3. The SMILES string of the molecule is Cc1ccc(Br)cc1C(O)Cc1ccc(F)c(Br)c1. The molecule has 0 fully saturated rings. The molecule has 1 nitrogen and oxygen atoms in total. The van der Waals surface area contributed by atoms with Crippen molar-refractivity contribution in [2.45, 2.75) is 19.4 Å². The van der Waals surface area contributed by atoms with Gasteiger partial charge < -0.3 is 5.11 Å². The fourth-order valence-electron chi connectivity index (χ4n) is 1.97. The Hall–Kier alpha value is -0.710. The Labute approximate surface area is 128 Å². The van der Waals surface area contributed by atoms with E-state index in [1.807, 2.05) is 25.1 Å². The topological polar surface area (TPSA) is 20.2 Å². The number of aliphatic hydroxyl groups is 1. The summed E-state index contributed by atoms with van der Waals surface area (Å²) in [5.41, 5.74) is 2.81. The molecule has 0 bridgehead atoms. The van der Waals surface area contributed by atoms with Gasteiger partial charge >= 0.3 is 0 Å². The van der Waals surface area contributed by atoms with E-state index in [0.29, 0.717) is 10.9 Å². The number of hydrogen-bond acceptors (Lipinski definition) is 1. The van der Waals surface area contributed by atoms with Gasteiger partial charge in [-0.1, -0.05) is 28.1 Å². The van der Waals surface area contributed by atoms with Crippen LogP contribution in [0.3, 0.4) is 0 Å². The fraction of sp³-hybridized carbons (Fsp3) is 0.200. The van der Waals surface area contributed by atoms with Crippen molar-refractivity contribution < 1.29 is 9.50 Å². The quantitative estimate of drug-likeness (QED) is 0.791. The van der Waals surface area contributed by atoms with Crippen LogP contribution in [-0.4, -0.2) is 5.11 Å². The van der Waals surface area contributed by atoms with Crippen LogP contribution in [0.1, 0.15) is 22.8 Å². The zero-order valence-corrected chi connectivity index (χ0v) is 13.5. The molecule has 2 aromatic carbocycles. The maximum atomic E-state index is 13.2. The van der Waals surface area contributed by atoms with E-state index in [1.165, 1.54) is 6.07 Å². The second kappa shape index (κ2) is 6.16. The van der Waals surface area contributed by atoms with Crippen LogP contribution < -0.4 is 0 Å². The monoisotopic (exact) mass is 386 g/mol. The van der Waals surface area contributed by atoms with Crippen molar-refractivity contribution in [1.82, 2.24) is 0 Å². The Bertz CT molecular complexity index is 599. The molecule has 2 rings (SSSR count). The van der Waals surface area contributed by atoms with Crippen molar-refractivity contribution in [3.8, 4) is 0 Å². The summed E-state index contributed by atoms with van der Waals surface area (Å²) in [5, 5.41) is 10.3. The number of aryl methyl sites for hydroxylation is 1. The smallest absolute Gasteiger partial charge is 0.137 e. The van der Waals surface area contributed by atoms with E-state index >= 15 is 0 Å². The maximum Gasteiger partial charge on any atom is 0.137 e. The summed E-state index contributed by atoms with van der Waals surface area (Å²) in [7, 11) is 0. The van der Waals surface area contributed by atoms with Gasteiger partial charge in [0.15, 0.2) is 0 Å². The minimum atomic E-state index is -0.602. The van der Waals surface area contributed by atoms with Crippen molar-refractivity contribution >= 4 is 31.9 Å². The van der Waals surface area contributed by atoms with Gasteiger partial charge in [-0.25, -0.2) is 4.39 Å². The molecule has 0 spiro atoms. The largest absolute Gasteiger partial charge is 0.388 e. The molecular weight excluding hydrogens is 375 g/mol. The van der Waals surface area contributed by atoms with Crippen molar-refractivity contribution in [3.05, 3.63) is 67.9 Å². The van der Waals surface area contributed by atoms with Crippen LogP contribution in [-0.2, 0) is 6.42 Å². The predicted molar refractivity (Wildman–Crippen MR) is 81.6 cm³/mol. The lowest BCUT2D eigenvalue weighted by molar-refractivity contribution is 0.177. The highest BCUT2D eigenvalue weighted by Crippen LogP contribution is 2.26. The normalized spacial score (nSPS) is 12.5. The van der Waals surface area contributed by atoms with Gasteiger partial charge in [-0.15, -0.1) is 0 Å². The molecule has 0 radical (unpaired) electrons. The summed E-state index contributed by atoms with van der Waals surface area (Å²) >= 11 is 6.56. The highest BCUT2D eigenvalue weighted by Gasteiger charge is 2.12. The molecule has 0 aliphatic rings. The zero-order chi connectivity index (χ0) is 14.0. The fourth-order valence-corrected chi connectivity index (χ4v) is 2.78. The molecule has 1 N–H and O–H groups in total. The third-order valence-corrected chi connectivity index (χ3v) is 4.11. The first-order valence-electron chi connectivity index (χ1n) is 5.85. The van der Waals surface area contributed by atoms with Crippen LogP contribution in [0.5, 0.6) is 0 Å². The molecule has 4 heteroatoms. The lowest BCUT2D eigenvalue weighted by Gasteiger charge is -2.14. The second-order valence-corrected chi connectivity index (χ2v) is 6.24. The van der Waals surface area contributed by atoms with Crippen LogP contribution in [0.25, 0.3) is 0 Å². The summed E-state index contributed by atoms with van der Waals surface area (Å²) in [6.45, 7) is 1.96. The van der Waals surface area contributed by atoms with Crippen LogP contribution in [0, 0.1) is 12.7 Å². The van der Waals surface area contributed by atoms with Gasteiger partial charge in [0.2, 0.25) is 0 Å². The third kappa shape index (κ3) is 3.65. The maximum absolute atomic E-state index is 13.2. The van der Waals surface area contributed by atoms with Crippen molar-refractivity contribution in [1.29, 1.82) is 0 Å². The molecule has 19 heavy (non-hydrogen) atoms. The third-order valence-electron chi connectivity index (χ3n) is 3.01. The average molecular weight is 388 g/mol. The van der Waals surface area contributed by atoms with Crippen LogP contribution in [0.4, 0.5) is 4.39 Å².